The minimum absolute atomic E-state index is 0.0742. The summed E-state index contributed by atoms with van der Waals surface area (Å²) in [4.78, 5) is 27.9. The van der Waals surface area contributed by atoms with Gasteiger partial charge in [0.15, 0.2) is 0 Å². The molecule has 6 heteroatoms. The van der Waals surface area contributed by atoms with E-state index < -0.39 is 0 Å². The van der Waals surface area contributed by atoms with Gasteiger partial charge in [0, 0.05) is 19.5 Å². The van der Waals surface area contributed by atoms with Gasteiger partial charge in [0.25, 0.3) is 0 Å². The lowest BCUT2D eigenvalue weighted by Gasteiger charge is -2.18. The molecule has 116 valence electrons. The van der Waals surface area contributed by atoms with Crippen molar-refractivity contribution in [3.05, 3.63) is 24.2 Å². The summed E-state index contributed by atoms with van der Waals surface area (Å²) in [5.74, 6) is 0.476. The topological polar surface area (TPSA) is 65.8 Å². The molecule has 0 aliphatic carbocycles. The second-order valence-electron chi connectivity index (χ2n) is 5.69. The third-order valence-corrected chi connectivity index (χ3v) is 3.64. The first-order valence-corrected chi connectivity index (χ1v) is 7.29. The van der Waals surface area contributed by atoms with Gasteiger partial charge in [-0.1, -0.05) is 0 Å². The highest BCUT2D eigenvalue weighted by molar-refractivity contribution is 5.89. The van der Waals surface area contributed by atoms with E-state index in [0.29, 0.717) is 19.5 Å². The molecule has 1 N–H and O–H groups in total. The number of amides is 2. The van der Waals surface area contributed by atoms with E-state index in [2.05, 4.69) is 10.2 Å². The highest BCUT2D eigenvalue weighted by Gasteiger charge is 2.33. The first-order chi connectivity index (χ1) is 10.1. The molecule has 2 rings (SSSR count). The largest absolute Gasteiger partial charge is 0.467 e. The average Bonchev–Trinajstić information content (AvgIpc) is 3.06. The Labute approximate surface area is 125 Å². The van der Waals surface area contributed by atoms with Crippen LogP contribution in [-0.2, 0) is 16.1 Å². The zero-order chi connectivity index (χ0) is 15.2. The Morgan fingerprint density at radius 3 is 3.00 bits per heavy atom. The van der Waals surface area contributed by atoms with Crippen LogP contribution in [-0.4, -0.2) is 55.3 Å². The first kappa shape index (κ1) is 15.6. The van der Waals surface area contributed by atoms with E-state index in [1.165, 1.54) is 0 Å². The average molecular weight is 293 g/mol. The van der Waals surface area contributed by atoms with Gasteiger partial charge in [0.2, 0.25) is 11.8 Å². The predicted octanol–water partition coefficient (Wildman–Crippen LogP) is 0.696. The number of carbonyl (C=O) groups excluding carboxylic acids is 2. The van der Waals surface area contributed by atoms with Crippen LogP contribution in [0.2, 0.25) is 0 Å². The number of nitrogens with one attached hydrogen (secondary N) is 1. The first-order valence-electron chi connectivity index (χ1n) is 7.29. The molecule has 1 unspecified atom stereocenters. The highest BCUT2D eigenvalue weighted by atomic mass is 16.3. The molecule has 1 fully saturated rings. The third kappa shape index (κ3) is 4.60. The molecule has 0 saturated carbocycles. The van der Waals surface area contributed by atoms with E-state index >= 15 is 0 Å². The molecule has 1 aromatic rings. The Morgan fingerprint density at radius 1 is 1.52 bits per heavy atom. The van der Waals surface area contributed by atoms with Crippen LogP contribution >= 0.6 is 0 Å². The Morgan fingerprint density at radius 2 is 2.33 bits per heavy atom. The maximum Gasteiger partial charge on any atom is 0.225 e. The number of hydrogen-bond donors (Lipinski definition) is 1. The number of hydrogen-bond acceptors (Lipinski definition) is 4. The predicted molar refractivity (Wildman–Crippen MR) is 78.4 cm³/mol. The standard InChI is InChI=1S/C15H23N3O3/c1-17(2)6-4-7-18-11-12(9-14(18)19)15(20)16-10-13-5-3-8-21-13/h3,5,8,12H,4,6-7,9-11H2,1-2H3,(H,16,20). The van der Waals surface area contributed by atoms with Gasteiger partial charge in [-0.3, -0.25) is 9.59 Å². The molecule has 21 heavy (non-hydrogen) atoms. The SMILES string of the molecule is CN(C)CCCN1CC(C(=O)NCc2ccco2)CC1=O. The number of furan rings is 1. The van der Waals surface area contributed by atoms with E-state index in [1.807, 2.05) is 20.2 Å². The highest BCUT2D eigenvalue weighted by Crippen LogP contribution is 2.18. The minimum Gasteiger partial charge on any atom is -0.467 e. The van der Waals surface area contributed by atoms with Gasteiger partial charge in [-0.15, -0.1) is 0 Å². The molecule has 6 nitrogen and oxygen atoms in total. The second kappa shape index (κ2) is 7.26. The van der Waals surface area contributed by atoms with Crippen molar-refractivity contribution in [1.29, 1.82) is 0 Å². The number of carbonyl (C=O) groups is 2. The van der Waals surface area contributed by atoms with Crippen molar-refractivity contribution >= 4 is 11.8 Å². The summed E-state index contributed by atoms with van der Waals surface area (Å²) in [6, 6.07) is 3.60. The fourth-order valence-electron chi connectivity index (χ4n) is 2.47. The zero-order valence-electron chi connectivity index (χ0n) is 12.7. The van der Waals surface area contributed by atoms with E-state index in [1.54, 1.807) is 17.2 Å². The number of likely N-dealkylation sites (tertiary alicyclic amines) is 1. The van der Waals surface area contributed by atoms with E-state index in [0.717, 1.165) is 25.3 Å². The van der Waals surface area contributed by atoms with Gasteiger partial charge >= 0.3 is 0 Å². The van der Waals surface area contributed by atoms with Gasteiger partial charge < -0.3 is 19.5 Å². The smallest absolute Gasteiger partial charge is 0.225 e. The fourth-order valence-corrected chi connectivity index (χ4v) is 2.47. The molecule has 2 heterocycles. The molecule has 1 atom stereocenters. The monoisotopic (exact) mass is 293 g/mol. The van der Waals surface area contributed by atoms with Crippen LogP contribution in [0, 0.1) is 5.92 Å². The summed E-state index contributed by atoms with van der Waals surface area (Å²) in [6.45, 7) is 2.56. The van der Waals surface area contributed by atoms with Crippen molar-refractivity contribution in [1.82, 2.24) is 15.1 Å². The van der Waals surface area contributed by atoms with Crippen molar-refractivity contribution in [3.63, 3.8) is 0 Å². The molecule has 0 radical (unpaired) electrons. The van der Waals surface area contributed by atoms with Crippen molar-refractivity contribution in [2.75, 3.05) is 33.7 Å². The van der Waals surface area contributed by atoms with E-state index in [4.69, 9.17) is 4.42 Å². The minimum atomic E-state index is -0.244. The second-order valence-corrected chi connectivity index (χ2v) is 5.69. The summed E-state index contributed by atoms with van der Waals surface area (Å²) in [7, 11) is 4.02. The molecule has 1 aliphatic rings. The Balaban J connectivity index is 1.74. The molecular weight excluding hydrogens is 270 g/mol. The van der Waals surface area contributed by atoms with Gasteiger partial charge in [-0.2, -0.15) is 0 Å². The maximum atomic E-state index is 12.1. The van der Waals surface area contributed by atoms with Crippen LogP contribution in [0.5, 0.6) is 0 Å². The van der Waals surface area contributed by atoms with Gasteiger partial charge in [0.1, 0.15) is 5.76 Å². The van der Waals surface area contributed by atoms with Crippen molar-refractivity contribution in [3.8, 4) is 0 Å². The summed E-state index contributed by atoms with van der Waals surface area (Å²) in [5, 5.41) is 2.82. The molecule has 1 saturated heterocycles. The Bertz CT molecular complexity index is 471. The lowest BCUT2D eigenvalue weighted by Crippen LogP contribution is -2.33. The van der Waals surface area contributed by atoms with Crippen LogP contribution in [0.15, 0.2) is 22.8 Å². The zero-order valence-corrected chi connectivity index (χ0v) is 12.7. The summed E-state index contributed by atoms with van der Waals surface area (Å²) >= 11 is 0. The van der Waals surface area contributed by atoms with Crippen LogP contribution in [0.1, 0.15) is 18.6 Å². The Kier molecular flexibility index (Phi) is 5.38. The molecular formula is C15H23N3O3. The van der Waals surface area contributed by atoms with Crippen LogP contribution < -0.4 is 5.32 Å². The quantitative estimate of drug-likeness (QED) is 0.803. The van der Waals surface area contributed by atoms with Gasteiger partial charge in [0.05, 0.1) is 18.7 Å². The number of nitrogens with zero attached hydrogens (tertiary/aromatic N) is 2. The van der Waals surface area contributed by atoms with Crippen LogP contribution in [0.4, 0.5) is 0 Å². The van der Waals surface area contributed by atoms with E-state index in [-0.39, 0.29) is 17.7 Å². The maximum absolute atomic E-state index is 12.1. The Hall–Kier alpha value is -1.82. The summed E-state index contributed by atoms with van der Waals surface area (Å²) in [5.41, 5.74) is 0. The van der Waals surface area contributed by atoms with Crippen molar-refractivity contribution in [2.24, 2.45) is 5.92 Å². The fraction of sp³-hybridized carbons (Fsp3) is 0.600. The summed E-state index contributed by atoms with van der Waals surface area (Å²) in [6.07, 6.45) is 2.82. The number of rotatable bonds is 7. The molecule has 1 aromatic heterocycles. The molecule has 0 spiro atoms. The lowest BCUT2D eigenvalue weighted by atomic mass is 10.1. The molecule has 1 aliphatic heterocycles. The van der Waals surface area contributed by atoms with Gasteiger partial charge in [-0.25, -0.2) is 0 Å². The van der Waals surface area contributed by atoms with Crippen LogP contribution in [0.3, 0.4) is 0 Å². The molecule has 0 bridgehead atoms. The lowest BCUT2D eigenvalue weighted by molar-refractivity contribution is -0.129. The van der Waals surface area contributed by atoms with Gasteiger partial charge in [-0.05, 0) is 39.2 Å². The van der Waals surface area contributed by atoms with Crippen molar-refractivity contribution in [2.45, 2.75) is 19.4 Å². The van der Waals surface area contributed by atoms with Crippen LogP contribution in [0.25, 0.3) is 0 Å². The normalized spacial score (nSPS) is 18.5. The summed E-state index contributed by atoms with van der Waals surface area (Å²) < 4.78 is 5.17. The third-order valence-electron chi connectivity index (χ3n) is 3.64. The van der Waals surface area contributed by atoms with E-state index in [9.17, 15) is 9.59 Å². The van der Waals surface area contributed by atoms with Crippen molar-refractivity contribution < 1.29 is 14.0 Å². The molecule has 2 amide bonds. The molecule has 0 aromatic carbocycles.